The van der Waals surface area contributed by atoms with Crippen LogP contribution in [0.4, 0.5) is 0 Å². The molecule has 0 saturated heterocycles. The van der Waals surface area contributed by atoms with Crippen LogP contribution >= 0.6 is 0 Å². The molecule has 0 aromatic heterocycles. The maximum Gasteiger partial charge on any atom is 0.338 e. The van der Waals surface area contributed by atoms with Crippen LogP contribution < -0.4 is 5.73 Å². The highest BCUT2D eigenvalue weighted by Crippen LogP contribution is 2.68. The zero-order valence-corrected chi connectivity index (χ0v) is 25.1. The van der Waals surface area contributed by atoms with Gasteiger partial charge in [-0.2, -0.15) is 0 Å². The summed E-state index contributed by atoms with van der Waals surface area (Å²) < 4.78 is 23.6. The topological polar surface area (TPSA) is 97.1 Å². The number of carbonyl (C=O) groups excluding carboxylic acids is 2. The number of esters is 2. The van der Waals surface area contributed by atoms with Crippen molar-refractivity contribution in [1.82, 2.24) is 0 Å². The molecule has 1 heterocycles. The lowest BCUT2D eigenvalue weighted by atomic mass is 9.42. The number of hydrogen-bond acceptors (Lipinski definition) is 7. The number of carbonyl (C=O) groups is 2. The molecule has 4 aliphatic carbocycles. The zero-order valence-electron chi connectivity index (χ0n) is 25.1. The van der Waals surface area contributed by atoms with Gasteiger partial charge in [-0.3, -0.25) is 4.79 Å². The van der Waals surface area contributed by atoms with Crippen LogP contribution in [-0.4, -0.2) is 49.2 Å². The van der Waals surface area contributed by atoms with Crippen LogP contribution in [0, 0.1) is 34.5 Å². The molecule has 5 aliphatic rings. The Labute approximate surface area is 244 Å². The number of benzene rings is 1. The minimum Gasteiger partial charge on any atom is -0.469 e. The molecule has 11 atom stereocenters. The van der Waals surface area contributed by atoms with Crippen molar-refractivity contribution in [3.05, 3.63) is 48.0 Å². The molecule has 0 amide bonds. The van der Waals surface area contributed by atoms with Crippen molar-refractivity contribution in [1.29, 1.82) is 0 Å². The maximum atomic E-state index is 12.7. The molecule has 1 aromatic rings. The minimum atomic E-state index is -0.442. The summed E-state index contributed by atoms with van der Waals surface area (Å²) in [4.78, 5) is 25.2. The molecule has 224 valence electrons. The van der Waals surface area contributed by atoms with Gasteiger partial charge in [-0.05, 0) is 118 Å². The summed E-state index contributed by atoms with van der Waals surface area (Å²) in [5.74, 6) is 1.12. The number of ether oxygens (including phenoxy) is 4. The monoisotopic (exact) mass is 565 g/mol. The smallest absolute Gasteiger partial charge is 0.338 e. The van der Waals surface area contributed by atoms with E-state index in [2.05, 4.69) is 13.8 Å². The summed E-state index contributed by atoms with van der Waals surface area (Å²) in [5, 5.41) is 0. The Bertz CT molecular complexity index is 1170. The summed E-state index contributed by atoms with van der Waals surface area (Å²) in [6.45, 7) is 6.70. The van der Waals surface area contributed by atoms with Crippen LogP contribution in [0.1, 0.15) is 88.9 Å². The molecular formula is C34H47NO6. The minimum absolute atomic E-state index is 0.0789. The molecule has 6 rings (SSSR count). The number of nitrogens with two attached hydrogens (primary N) is 1. The molecule has 4 fully saturated rings. The van der Waals surface area contributed by atoms with Gasteiger partial charge in [-0.15, -0.1) is 0 Å². The van der Waals surface area contributed by atoms with Gasteiger partial charge in [0.05, 0.1) is 30.8 Å². The van der Waals surface area contributed by atoms with E-state index in [1.54, 1.807) is 12.1 Å². The first-order valence-corrected chi connectivity index (χ1v) is 15.7. The molecule has 1 aliphatic heterocycles. The van der Waals surface area contributed by atoms with E-state index in [9.17, 15) is 9.59 Å². The Morgan fingerprint density at radius 1 is 0.951 bits per heavy atom. The Balaban J connectivity index is 1.07. The standard InChI is InChI=1S/C34H47NO6/c1-21-28(41-30(36)22-8-6-5-7-9-22)12-13-29(39-21)40-24-14-17-32(2)23(20-24)10-11-26-25(32)15-18-33(3)27(31(37)38-4)16-19-34(26,33)35/h5-9,12-13,21,23-29H,10-11,14-20,35H2,1-4H3/t21-,23+,24-,25-,26+,27+,28+,29+,32-,33+,34+/m0/s1. The molecular weight excluding hydrogens is 518 g/mol. The fraction of sp³-hybridized carbons (Fsp3) is 0.706. The van der Waals surface area contributed by atoms with Gasteiger partial charge in [-0.1, -0.05) is 32.0 Å². The highest BCUT2D eigenvalue weighted by molar-refractivity contribution is 5.89. The summed E-state index contributed by atoms with van der Waals surface area (Å²) in [7, 11) is 1.51. The summed E-state index contributed by atoms with van der Waals surface area (Å²) >= 11 is 0. The van der Waals surface area contributed by atoms with Gasteiger partial charge < -0.3 is 24.7 Å². The van der Waals surface area contributed by atoms with Crippen molar-refractivity contribution in [2.45, 2.75) is 109 Å². The Kier molecular flexibility index (Phi) is 7.61. The lowest BCUT2D eigenvalue weighted by Crippen LogP contribution is -2.66. The van der Waals surface area contributed by atoms with Gasteiger partial charge in [0, 0.05) is 5.54 Å². The second-order valence-corrected chi connectivity index (χ2v) is 14.0. The summed E-state index contributed by atoms with van der Waals surface area (Å²) in [5.41, 5.74) is 7.66. The van der Waals surface area contributed by atoms with Crippen LogP contribution in [0.2, 0.25) is 0 Å². The van der Waals surface area contributed by atoms with E-state index in [0.717, 1.165) is 57.8 Å². The third kappa shape index (κ3) is 4.76. The third-order valence-corrected chi connectivity index (χ3v) is 12.3. The van der Waals surface area contributed by atoms with Gasteiger partial charge in [0.2, 0.25) is 0 Å². The van der Waals surface area contributed by atoms with Gasteiger partial charge in [-0.25, -0.2) is 4.79 Å². The largest absolute Gasteiger partial charge is 0.469 e. The molecule has 0 bridgehead atoms. The zero-order chi connectivity index (χ0) is 29.0. The van der Waals surface area contributed by atoms with Crippen molar-refractivity contribution in [3.63, 3.8) is 0 Å². The quantitative estimate of drug-likeness (QED) is 0.355. The van der Waals surface area contributed by atoms with E-state index in [4.69, 9.17) is 24.7 Å². The van der Waals surface area contributed by atoms with Crippen molar-refractivity contribution in [3.8, 4) is 0 Å². The Morgan fingerprint density at radius 2 is 1.73 bits per heavy atom. The average molecular weight is 566 g/mol. The SMILES string of the molecule is COC(=O)[C@H]1CC[C@@]2(N)[C@@H]3CC[C@@H]4C[C@@H](O[C@@H]5C=C[C@@H](OC(=O)c6ccccc6)[C@H](C)O5)CC[C@]4(C)[C@H]3CC[C@]12C. The maximum absolute atomic E-state index is 12.7. The van der Waals surface area contributed by atoms with Gasteiger partial charge in [0.25, 0.3) is 0 Å². The van der Waals surface area contributed by atoms with Crippen molar-refractivity contribution in [2.75, 3.05) is 7.11 Å². The van der Waals surface area contributed by atoms with E-state index in [-0.39, 0.29) is 46.4 Å². The van der Waals surface area contributed by atoms with Crippen LogP contribution in [0.3, 0.4) is 0 Å². The molecule has 41 heavy (non-hydrogen) atoms. The van der Waals surface area contributed by atoms with E-state index >= 15 is 0 Å². The van der Waals surface area contributed by atoms with Crippen molar-refractivity contribution < 1.29 is 28.5 Å². The lowest BCUT2D eigenvalue weighted by molar-refractivity contribution is -0.209. The molecule has 0 spiro atoms. The van der Waals surface area contributed by atoms with E-state index in [1.165, 1.54) is 7.11 Å². The normalized spacial score (nSPS) is 45.2. The van der Waals surface area contributed by atoms with Gasteiger partial charge in [0.1, 0.15) is 6.10 Å². The van der Waals surface area contributed by atoms with E-state index in [0.29, 0.717) is 23.3 Å². The Hall–Kier alpha value is -2.22. The second-order valence-electron chi connectivity index (χ2n) is 14.0. The number of hydrogen-bond donors (Lipinski definition) is 1. The van der Waals surface area contributed by atoms with Crippen molar-refractivity contribution >= 4 is 11.9 Å². The van der Waals surface area contributed by atoms with Crippen LogP contribution in [0.15, 0.2) is 42.5 Å². The summed E-state index contributed by atoms with van der Waals surface area (Å²) in [6.07, 6.45) is 12.1. The predicted octanol–water partition coefficient (Wildman–Crippen LogP) is 5.81. The second kappa shape index (κ2) is 10.8. The van der Waals surface area contributed by atoms with Crippen molar-refractivity contribution in [2.24, 2.45) is 40.2 Å². The highest BCUT2D eigenvalue weighted by atomic mass is 16.7. The summed E-state index contributed by atoms with van der Waals surface area (Å²) in [6, 6.07) is 9.03. The molecule has 0 radical (unpaired) electrons. The molecule has 0 unspecified atom stereocenters. The number of fused-ring (bicyclic) bond motifs is 5. The van der Waals surface area contributed by atoms with E-state index in [1.807, 2.05) is 37.3 Å². The fourth-order valence-corrected chi connectivity index (χ4v) is 9.79. The fourth-order valence-electron chi connectivity index (χ4n) is 9.79. The van der Waals surface area contributed by atoms with E-state index < -0.39 is 12.4 Å². The predicted molar refractivity (Wildman–Crippen MR) is 155 cm³/mol. The van der Waals surface area contributed by atoms with Crippen LogP contribution in [-0.2, 0) is 23.7 Å². The Morgan fingerprint density at radius 3 is 2.46 bits per heavy atom. The number of methoxy groups -OCH3 is 1. The van der Waals surface area contributed by atoms with Crippen LogP contribution in [0.5, 0.6) is 0 Å². The molecule has 2 N–H and O–H groups in total. The third-order valence-electron chi connectivity index (χ3n) is 12.3. The highest BCUT2D eigenvalue weighted by Gasteiger charge is 2.67. The van der Waals surface area contributed by atoms with Gasteiger partial charge >= 0.3 is 11.9 Å². The molecule has 7 nitrogen and oxygen atoms in total. The first-order chi connectivity index (χ1) is 19.6. The first kappa shape index (κ1) is 28.9. The van der Waals surface area contributed by atoms with Crippen LogP contribution in [0.25, 0.3) is 0 Å². The average Bonchev–Trinajstić information content (AvgIpc) is 3.25. The number of rotatable bonds is 5. The molecule has 7 heteroatoms. The lowest BCUT2D eigenvalue weighted by Gasteiger charge is -2.64. The molecule has 4 saturated carbocycles. The first-order valence-electron chi connectivity index (χ1n) is 15.7. The molecule has 1 aromatic carbocycles. The van der Waals surface area contributed by atoms with Gasteiger partial charge in [0.15, 0.2) is 6.29 Å².